The van der Waals surface area contributed by atoms with Gasteiger partial charge >= 0.3 is 0 Å². The van der Waals surface area contributed by atoms with Crippen molar-refractivity contribution in [1.82, 2.24) is 19.5 Å². The Kier molecular flexibility index (Phi) is 6.67. The van der Waals surface area contributed by atoms with E-state index in [4.69, 9.17) is 15.0 Å². The van der Waals surface area contributed by atoms with Gasteiger partial charge in [0, 0.05) is 27.5 Å². The van der Waals surface area contributed by atoms with Crippen molar-refractivity contribution in [3.63, 3.8) is 0 Å². The van der Waals surface area contributed by atoms with Gasteiger partial charge in [0.1, 0.15) is 0 Å². The van der Waals surface area contributed by atoms with Crippen LogP contribution in [0.4, 0.5) is 0 Å². The fourth-order valence-electron chi connectivity index (χ4n) is 6.20. The number of hydrogen-bond donors (Lipinski definition) is 0. The normalized spacial score (nSPS) is 11.1. The first-order chi connectivity index (χ1) is 22.7. The number of aryl methyl sites for hydroxylation is 1. The zero-order valence-corrected chi connectivity index (χ0v) is 25.1. The molecule has 0 spiro atoms. The van der Waals surface area contributed by atoms with E-state index in [0.29, 0.717) is 23.0 Å². The van der Waals surface area contributed by atoms with Gasteiger partial charge in [-0.1, -0.05) is 109 Å². The SMILES string of the molecule is Cc1ccccc1-c1ccc2c(c1)c1ccccc1n2-c1cc(C#N)ccc1-c1nc(-c2ccccc2)nc(-c2ccccc2)n1. The number of benzene rings is 6. The lowest BCUT2D eigenvalue weighted by Gasteiger charge is -2.15. The highest BCUT2D eigenvalue weighted by atomic mass is 15.1. The Hall–Kier alpha value is -6.38. The summed E-state index contributed by atoms with van der Waals surface area (Å²) in [6, 6.07) is 51.5. The Bertz CT molecular complexity index is 2380. The van der Waals surface area contributed by atoms with Gasteiger partial charge in [0.2, 0.25) is 0 Å². The van der Waals surface area contributed by atoms with Gasteiger partial charge in [0.25, 0.3) is 0 Å². The minimum atomic E-state index is 0.537. The zero-order valence-electron chi connectivity index (χ0n) is 25.1. The van der Waals surface area contributed by atoms with Crippen LogP contribution in [0.15, 0.2) is 146 Å². The standard InChI is InChI=1S/C41H27N5/c1-27-12-8-9-17-32(27)31-21-23-37-35(25-31)33-18-10-11-19-36(33)46(37)38-24-28(26-42)20-22-34(38)41-44-39(29-13-4-2-5-14-29)43-40(45-41)30-15-6-3-7-16-30/h2-25H,1H3. The molecule has 2 aromatic heterocycles. The van der Waals surface area contributed by atoms with Crippen LogP contribution in [0.1, 0.15) is 11.1 Å². The van der Waals surface area contributed by atoms with Crippen molar-refractivity contribution in [2.45, 2.75) is 6.92 Å². The molecule has 5 nitrogen and oxygen atoms in total. The molecule has 0 saturated carbocycles. The van der Waals surface area contributed by atoms with E-state index >= 15 is 0 Å². The summed E-state index contributed by atoms with van der Waals surface area (Å²) in [6.07, 6.45) is 0. The number of para-hydroxylation sites is 1. The average molecular weight is 590 g/mol. The minimum Gasteiger partial charge on any atom is -0.308 e. The Morgan fingerprint density at radius 3 is 1.80 bits per heavy atom. The molecule has 0 bridgehead atoms. The van der Waals surface area contributed by atoms with Gasteiger partial charge < -0.3 is 4.57 Å². The average Bonchev–Trinajstić information content (AvgIpc) is 3.45. The Balaban J connectivity index is 1.41. The third-order valence-electron chi connectivity index (χ3n) is 8.44. The molecule has 0 fully saturated rings. The minimum absolute atomic E-state index is 0.537. The maximum Gasteiger partial charge on any atom is 0.166 e. The number of rotatable bonds is 5. The lowest BCUT2D eigenvalue weighted by molar-refractivity contribution is 1.06. The van der Waals surface area contributed by atoms with Crippen LogP contribution in [0.5, 0.6) is 0 Å². The molecule has 6 aromatic carbocycles. The summed E-state index contributed by atoms with van der Waals surface area (Å²) < 4.78 is 2.23. The Labute approximate surface area is 266 Å². The molecule has 46 heavy (non-hydrogen) atoms. The van der Waals surface area contributed by atoms with E-state index < -0.39 is 0 Å². The smallest absolute Gasteiger partial charge is 0.166 e. The monoisotopic (exact) mass is 589 g/mol. The van der Waals surface area contributed by atoms with Gasteiger partial charge in [-0.3, -0.25) is 0 Å². The highest BCUT2D eigenvalue weighted by molar-refractivity contribution is 6.11. The molecule has 0 amide bonds. The first kappa shape index (κ1) is 27.2. The quantitative estimate of drug-likeness (QED) is 0.200. The van der Waals surface area contributed by atoms with Crippen LogP contribution in [0.2, 0.25) is 0 Å². The van der Waals surface area contributed by atoms with Crippen LogP contribution in [0, 0.1) is 18.3 Å². The van der Waals surface area contributed by atoms with Crippen molar-refractivity contribution >= 4 is 21.8 Å². The predicted molar refractivity (Wildman–Crippen MR) is 185 cm³/mol. The maximum absolute atomic E-state index is 10.0. The van der Waals surface area contributed by atoms with Gasteiger partial charge in [-0.05, 0) is 60.0 Å². The molecule has 0 aliphatic rings. The van der Waals surface area contributed by atoms with Crippen LogP contribution >= 0.6 is 0 Å². The fourth-order valence-corrected chi connectivity index (χ4v) is 6.20. The van der Waals surface area contributed by atoms with Gasteiger partial charge in [-0.2, -0.15) is 5.26 Å². The molecule has 0 radical (unpaired) electrons. The van der Waals surface area contributed by atoms with E-state index in [1.54, 1.807) is 0 Å². The zero-order chi connectivity index (χ0) is 31.0. The van der Waals surface area contributed by atoms with Crippen LogP contribution in [0.3, 0.4) is 0 Å². The summed E-state index contributed by atoms with van der Waals surface area (Å²) >= 11 is 0. The van der Waals surface area contributed by atoms with E-state index in [0.717, 1.165) is 49.7 Å². The van der Waals surface area contributed by atoms with Gasteiger partial charge in [0.05, 0.1) is 28.4 Å². The summed E-state index contributed by atoms with van der Waals surface area (Å²) in [5.41, 5.74) is 9.68. The van der Waals surface area contributed by atoms with Gasteiger partial charge in [0.15, 0.2) is 17.5 Å². The molecule has 8 aromatic rings. The van der Waals surface area contributed by atoms with Crippen molar-refractivity contribution in [3.8, 4) is 57.0 Å². The molecule has 0 aliphatic heterocycles. The molecule has 0 aliphatic carbocycles. The van der Waals surface area contributed by atoms with E-state index in [-0.39, 0.29) is 0 Å². The van der Waals surface area contributed by atoms with E-state index in [1.807, 2.05) is 78.9 Å². The maximum atomic E-state index is 10.0. The topological polar surface area (TPSA) is 67.4 Å². The predicted octanol–water partition coefficient (Wildman–Crippen LogP) is 9.82. The van der Waals surface area contributed by atoms with Gasteiger partial charge in [-0.15, -0.1) is 0 Å². The third-order valence-corrected chi connectivity index (χ3v) is 8.44. The van der Waals surface area contributed by atoms with Crippen LogP contribution in [0.25, 0.3) is 72.8 Å². The largest absolute Gasteiger partial charge is 0.308 e. The molecule has 2 heterocycles. The van der Waals surface area contributed by atoms with E-state index in [1.165, 1.54) is 11.1 Å². The van der Waals surface area contributed by atoms with Crippen molar-refractivity contribution in [1.29, 1.82) is 5.26 Å². The van der Waals surface area contributed by atoms with Gasteiger partial charge in [-0.25, -0.2) is 15.0 Å². The second-order valence-electron chi connectivity index (χ2n) is 11.3. The molecule has 5 heteroatoms. The van der Waals surface area contributed by atoms with E-state index in [9.17, 15) is 5.26 Å². The second kappa shape index (κ2) is 11.3. The molecule has 0 unspecified atom stereocenters. The Morgan fingerprint density at radius 2 is 1.11 bits per heavy atom. The fraction of sp³-hybridized carbons (Fsp3) is 0.0244. The number of hydrogen-bond acceptors (Lipinski definition) is 4. The molecular weight excluding hydrogens is 562 g/mol. The summed E-state index contributed by atoms with van der Waals surface area (Å²) in [4.78, 5) is 15.0. The summed E-state index contributed by atoms with van der Waals surface area (Å²) in [5, 5.41) is 12.3. The lowest BCUT2D eigenvalue weighted by atomic mass is 9.99. The summed E-state index contributed by atoms with van der Waals surface area (Å²) in [6.45, 7) is 2.14. The number of fused-ring (bicyclic) bond motifs is 3. The highest BCUT2D eigenvalue weighted by Crippen LogP contribution is 2.38. The molecule has 0 atom stereocenters. The van der Waals surface area contributed by atoms with Crippen molar-refractivity contribution in [3.05, 3.63) is 157 Å². The first-order valence-corrected chi connectivity index (χ1v) is 15.2. The second-order valence-corrected chi connectivity index (χ2v) is 11.3. The summed E-state index contributed by atoms with van der Waals surface area (Å²) in [7, 11) is 0. The first-order valence-electron chi connectivity index (χ1n) is 15.2. The van der Waals surface area contributed by atoms with Crippen molar-refractivity contribution < 1.29 is 0 Å². The molecule has 0 N–H and O–H groups in total. The van der Waals surface area contributed by atoms with Crippen molar-refractivity contribution in [2.24, 2.45) is 0 Å². The molecule has 0 saturated heterocycles. The number of nitriles is 1. The van der Waals surface area contributed by atoms with E-state index in [2.05, 4.69) is 84.3 Å². The van der Waals surface area contributed by atoms with Crippen molar-refractivity contribution in [2.75, 3.05) is 0 Å². The van der Waals surface area contributed by atoms with Crippen LogP contribution in [-0.2, 0) is 0 Å². The number of aromatic nitrogens is 4. The third kappa shape index (κ3) is 4.70. The lowest BCUT2D eigenvalue weighted by Crippen LogP contribution is -2.04. The molecular formula is C41H27N5. The Morgan fingerprint density at radius 1 is 0.500 bits per heavy atom. The summed E-state index contributed by atoms with van der Waals surface area (Å²) in [5.74, 6) is 1.71. The van der Waals surface area contributed by atoms with Crippen LogP contribution < -0.4 is 0 Å². The van der Waals surface area contributed by atoms with Crippen LogP contribution in [-0.4, -0.2) is 19.5 Å². The molecule has 8 rings (SSSR count). The highest BCUT2D eigenvalue weighted by Gasteiger charge is 2.20. The molecule has 216 valence electrons. The number of nitrogens with zero attached hydrogens (tertiary/aromatic N) is 5.